The van der Waals surface area contributed by atoms with E-state index in [4.69, 9.17) is 0 Å². The SMILES string of the molecule is CC(O)c1cccc(NC(=O)N2C3CCC2CC(O)C3)c1. The summed E-state index contributed by atoms with van der Waals surface area (Å²) in [6, 6.07) is 7.48. The summed E-state index contributed by atoms with van der Waals surface area (Å²) in [5, 5.41) is 22.3. The van der Waals surface area contributed by atoms with Crippen LogP contribution >= 0.6 is 0 Å². The average molecular weight is 290 g/mol. The molecule has 2 heterocycles. The highest BCUT2D eigenvalue weighted by molar-refractivity contribution is 5.90. The number of amides is 2. The van der Waals surface area contributed by atoms with Crippen LogP contribution in [-0.2, 0) is 0 Å². The number of anilines is 1. The Bertz CT molecular complexity index is 518. The fraction of sp³-hybridized carbons (Fsp3) is 0.562. The molecule has 0 spiro atoms. The molecule has 0 saturated carbocycles. The van der Waals surface area contributed by atoms with Crippen LogP contribution in [0, 0.1) is 0 Å². The number of hydrogen-bond acceptors (Lipinski definition) is 3. The maximum atomic E-state index is 12.5. The van der Waals surface area contributed by atoms with Gasteiger partial charge >= 0.3 is 6.03 Å². The highest BCUT2D eigenvalue weighted by atomic mass is 16.3. The van der Waals surface area contributed by atoms with Gasteiger partial charge in [-0.05, 0) is 50.3 Å². The molecular formula is C16H22N2O3. The minimum atomic E-state index is -0.553. The first-order chi connectivity index (χ1) is 10.0. The lowest BCUT2D eigenvalue weighted by atomic mass is 10.0. The van der Waals surface area contributed by atoms with Gasteiger partial charge in [0, 0.05) is 17.8 Å². The zero-order chi connectivity index (χ0) is 15.0. The van der Waals surface area contributed by atoms with Crippen LogP contribution in [0.3, 0.4) is 0 Å². The number of piperidine rings is 1. The van der Waals surface area contributed by atoms with Crippen LogP contribution in [0.25, 0.3) is 0 Å². The zero-order valence-electron chi connectivity index (χ0n) is 12.2. The van der Waals surface area contributed by atoms with Crippen molar-refractivity contribution < 1.29 is 15.0 Å². The van der Waals surface area contributed by atoms with E-state index in [1.165, 1.54) is 0 Å². The molecule has 2 saturated heterocycles. The molecule has 2 aliphatic rings. The van der Waals surface area contributed by atoms with Crippen molar-refractivity contribution in [1.82, 2.24) is 4.90 Å². The monoisotopic (exact) mass is 290 g/mol. The second-order valence-corrected chi connectivity index (χ2v) is 6.15. The van der Waals surface area contributed by atoms with E-state index in [1.54, 1.807) is 13.0 Å². The van der Waals surface area contributed by atoms with E-state index in [2.05, 4.69) is 5.32 Å². The molecule has 5 nitrogen and oxygen atoms in total. The quantitative estimate of drug-likeness (QED) is 0.782. The second-order valence-electron chi connectivity index (χ2n) is 6.15. The largest absolute Gasteiger partial charge is 0.393 e. The third-order valence-corrected chi connectivity index (χ3v) is 4.56. The van der Waals surface area contributed by atoms with E-state index in [-0.39, 0.29) is 24.2 Å². The topological polar surface area (TPSA) is 72.8 Å². The van der Waals surface area contributed by atoms with Gasteiger partial charge in [-0.3, -0.25) is 0 Å². The van der Waals surface area contributed by atoms with E-state index in [9.17, 15) is 15.0 Å². The summed E-state index contributed by atoms with van der Waals surface area (Å²) in [6.45, 7) is 1.70. The lowest BCUT2D eigenvalue weighted by Crippen LogP contribution is -2.49. The van der Waals surface area contributed by atoms with E-state index < -0.39 is 6.10 Å². The molecular weight excluding hydrogens is 268 g/mol. The smallest absolute Gasteiger partial charge is 0.322 e. The molecule has 2 amide bonds. The molecule has 3 atom stereocenters. The van der Waals surface area contributed by atoms with Gasteiger partial charge in [0.1, 0.15) is 0 Å². The first-order valence-corrected chi connectivity index (χ1v) is 7.60. The van der Waals surface area contributed by atoms with Crippen molar-refractivity contribution in [1.29, 1.82) is 0 Å². The molecule has 0 radical (unpaired) electrons. The molecule has 5 heteroatoms. The lowest BCUT2D eigenvalue weighted by molar-refractivity contribution is 0.0580. The molecule has 2 fully saturated rings. The summed E-state index contributed by atoms with van der Waals surface area (Å²) >= 11 is 0. The van der Waals surface area contributed by atoms with Crippen LogP contribution in [0.15, 0.2) is 24.3 Å². The highest BCUT2D eigenvalue weighted by Gasteiger charge is 2.42. The van der Waals surface area contributed by atoms with E-state index in [0.717, 1.165) is 18.4 Å². The molecule has 3 unspecified atom stereocenters. The Hall–Kier alpha value is -1.59. The summed E-state index contributed by atoms with van der Waals surface area (Å²) in [5.41, 5.74) is 1.48. The minimum Gasteiger partial charge on any atom is -0.393 e. The Morgan fingerprint density at radius 1 is 1.33 bits per heavy atom. The number of rotatable bonds is 2. The number of fused-ring (bicyclic) bond motifs is 2. The molecule has 2 aliphatic heterocycles. The minimum absolute atomic E-state index is 0.0999. The predicted molar refractivity (Wildman–Crippen MR) is 80.0 cm³/mol. The summed E-state index contributed by atoms with van der Waals surface area (Å²) in [6.07, 6.45) is 2.48. The summed E-state index contributed by atoms with van der Waals surface area (Å²) in [5.74, 6) is 0. The van der Waals surface area contributed by atoms with Gasteiger partial charge in [-0.2, -0.15) is 0 Å². The van der Waals surface area contributed by atoms with Crippen LogP contribution in [0.5, 0.6) is 0 Å². The Balaban J connectivity index is 1.71. The van der Waals surface area contributed by atoms with Crippen LogP contribution in [0.1, 0.15) is 44.3 Å². The van der Waals surface area contributed by atoms with Crippen molar-refractivity contribution in [2.75, 3.05) is 5.32 Å². The fourth-order valence-electron chi connectivity index (χ4n) is 3.54. The number of urea groups is 1. The van der Waals surface area contributed by atoms with Crippen LogP contribution in [0.4, 0.5) is 10.5 Å². The molecule has 1 aromatic carbocycles. The molecule has 21 heavy (non-hydrogen) atoms. The number of hydrogen-bond donors (Lipinski definition) is 3. The lowest BCUT2D eigenvalue weighted by Gasteiger charge is -2.37. The molecule has 114 valence electrons. The van der Waals surface area contributed by atoms with Crippen LogP contribution in [-0.4, -0.2) is 39.3 Å². The normalized spacial score (nSPS) is 29.3. The van der Waals surface area contributed by atoms with Crippen LogP contribution in [0.2, 0.25) is 0 Å². The van der Waals surface area contributed by atoms with Gasteiger partial charge in [-0.1, -0.05) is 12.1 Å². The molecule has 0 aromatic heterocycles. The van der Waals surface area contributed by atoms with Crippen molar-refractivity contribution in [2.45, 2.75) is 56.9 Å². The van der Waals surface area contributed by atoms with Crippen molar-refractivity contribution in [3.8, 4) is 0 Å². The van der Waals surface area contributed by atoms with Gasteiger partial charge in [0.05, 0.1) is 12.2 Å². The third-order valence-electron chi connectivity index (χ3n) is 4.56. The van der Waals surface area contributed by atoms with Crippen molar-refractivity contribution >= 4 is 11.7 Å². The van der Waals surface area contributed by atoms with E-state index in [1.807, 2.05) is 23.1 Å². The van der Waals surface area contributed by atoms with Gasteiger partial charge in [-0.25, -0.2) is 4.79 Å². The number of nitrogens with zero attached hydrogens (tertiary/aromatic N) is 1. The number of carbonyl (C=O) groups is 1. The molecule has 3 N–H and O–H groups in total. The number of aliphatic hydroxyl groups is 2. The van der Waals surface area contributed by atoms with Gasteiger partial charge in [0.25, 0.3) is 0 Å². The fourth-order valence-corrected chi connectivity index (χ4v) is 3.54. The number of benzene rings is 1. The first kappa shape index (κ1) is 14.4. The standard InChI is InChI=1S/C16H22N2O3/c1-10(19)11-3-2-4-12(7-11)17-16(21)18-13-5-6-14(18)9-15(20)8-13/h2-4,7,10,13-15,19-20H,5-6,8-9H2,1H3,(H,17,21). The molecule has 0 aliphatic carbocycles. The number of carbonyl (C=O) groups excluding carboxylic acids is 1. The molecule has 3 rings (SSSR count). The number of aliphatic hydroxyl groups excluding tert-OH is 2. The maximum absolute atomic E-state index is 12.5. The number of nitrogens with one attached hydrogen (secondary N) is 1. The first-order valence-electron chi connectivity index (χ1n) is 7.60. The van der Waals surface area contributed by atoms with Crippen molar-refractivity contribution in [2.24, 2.45) is 0 Å². The molecule has 2 bridgehead atoms. The van der Waals surface area contributed by atoms with Gasteiger partial charge in [-0.15, -0.1) is 0 Å². The highest BCUT2D eigenvalue weighted by Crippen LogP contribution is 2.36. The summed E-state index contributed by atoms with van der Waals surface area (Å²) < 4.78 is 0. The Morgan fingerprint density at radius 2 is 2.00 bits per heavy atom. The Labute approximate surface area is 124 Å². The predicted octanol–water partition coefficient (Wildman–Crippen LogP) is 2.26. The van der Waals surface area contributed by atoms with E-state index in [0.29, 0.717) is 18.5 Å². The van der Waals surface area contributed by atoms with E-state index >= 15 is 0 Å². The van der Waals surface area contributed by atoms with Gasteiger partial charge in [0.15, 0.2) is 0 Å². The summed E-state index contributed by atoms with van der Waals surface area (Å²) in [4.78, 5) is 14.4. The maximum Gasteiger partial charge on any atom is 0.322 e. The van der Waals surface area contributed by atoms with Gasteiger partial charge in [0.2, 0.25) is 0 Å². The second kappa shape index (κ2) is 5.66. The summed E-state index contributed by atoms with van der Waals surface area (Å²) in [7, 11) is 0. The zero-order valence-corrected chi connectivity index (χ0v) is 12.2. The Morgan fingerprint density at radius 3 is 2.62 bits per heavy atom. The van der Waals surface area contributed by atoms with Gasteiger partial charge < -0.3 is 20.4 Å². The van der Waals surface area contributed by atoms with Crippen molar-refractivity contribution in [3.05, 3.63) is 29.8 Å². The van der Waals surface area contributed by atoms with Crippen LogP contribution < -0.4 is 5.32 Å². The molecule has 1 aromatic rings. The van der Waals surface area contributed by atoms with Crippen molar-refractivity contribution in [3.63, 3.8) is 0 Å². The third kappa shape index (κ3) is 2.89. The Kier molecular flexibility index (Phi) is 3.87. The average Bonchev–Trinajstić information content (AvgIpc) is 2.71.